The smallest absolute Gasteiger partial charge is 0.240 e. The Kier molecular flexibility index (Phi) is 2.71. The Morgan fingerprint density at radius 1 is 1.82 bits per heavy atom. The van der Waals surface area contributed by atoms with Crippen molar-refractivity contribution >= 4 is 17.5 Å². The third-order valence-electron chi connectivity index (χ3n) is 1.78. The van der Waals surface area contributed by atoms with Crippen LogP contribution < -0.4 is 0 Å². The van der Waals surface area contributed by atoms with Crippen molar-refractivity contribution in [3.63, 3.8) is 0 Å². The van der Waals surface area contributed by atoms with Gasteiger partial charge in [-0.3, -0.25) is 4.79 Å². The highest BCUT2D eigenvalue weighted by molar-refractivity contribution is 6.30. The van der Waals surface area contributed by atoms with Crippen molar-refractivity contribution in [3.8, 4) is 0 Å². The van der Waals surface area contributed by atoms with Gasteiger partial charge in [-0.15, -0.1) is 11.6 Å². The predicted octanol–water partition coefficient (Wildman–Crippen LogP) is 1.18. The summed E-state index contributed by atoms with van der Waals surface area (Å²) in [5, 5.41) is -0.528. The van der Waals surface area contributed by atoms with Crippen LogP contribution in [0.3, 0.4) is 0 Å². The first kappa shape index (κ1) is 8.78. The molecule has 2 nitrogen and oxygen atoms in total. The highest BCUT2D eigenvalue weighted by Crippen LogP contribution is 2.14. The molecule has 0 aromatic heterocycles. The topological polar surface area (TPSA) is 20.3 Å². The molecular formula is C7H11ClFNO. The maximum absolute atomic E-state index is 12.6. The van der Waals surface area contributed by atoms with Gasteiger partial charge in [0.25, 0.3) is 0 Å². The van der Waals surface area contributed by atoms with Crippen molar-refractivity contribution in [3.05, 3.63) is 0 Å². The Labute approximate surface area is 70.3 Å². The molecule has 2 unspecified atom stereocenters. The Bertz CT molecular complexity index is 163. The molecule has 0 saturated carbocycles. The van der Waals surface area contributed by atoms with Gasteiger partial charge in [-0.1, -0.05) is 0 Å². The SMILES string of the molecule is CC(Cl)C(=O)N1CCC(F)C1. The van der Waals surface area contributed by atoms with Gasteiger partial charge < -0.3 is 4.90 Å². The van der Waals surface area contributed by atoms with E-state index in [0.717, 1.165) is 0 Å². The van der Waals surface area contributed by atoms with Gasteiger partial charge in [0.1, 0.15) is 11.5 Å². The van der Waals surface area contributed by atoms with Gasteiger partial charge in [0, 0.05) is 6.54 Å². The maximum atomic E-state index is 12.6. The monoisotopic (exact) mass is 179 g/mol. The summed E-state index contributed by atoms with van der Waals surface area (Å²) in [5.41, 5.74) is 0. The van der Waals surface area contributed by atoms with Crippen molar-refractivity contribution in [2.75, 3.05) is 13.1 Å². The van der Waals surface area contributed by atoms with E-state index >= 15 is 0 Å². The van der Waals surface area contributed by atoms with Crippen LogP contribution >= 0.6 is 11.6 Å². The summed E-state index contributed by atoms with van der Waals surface area (Å²) in [6.07, 6.45) is -0.399. The summed E-state index contributed by atoms with van der Waals surface area (Å²) in [5.74, 6) is -0.160. The van der Waals surface area contributed by atoms with Crippen LogP contribution in [0, 0.1) is 0 Å². The number of amides is 1. The first-order chi connectivity index (χ1) is 5.11. The van der Waals surface area contributed by atoms with Gasteiger partial charge in [-0.05, 0) is 13.3 Å². The normalized spacial score (nSPS) is 27.2. The van der Waals surface area contributed by atoms with Gasteiger partial charge in [0.15, 0.2) is 0 Å². The minimum Gasteiger partial charge on any atom is -0.338 e. The Hall–Kier alpha value is -0.310. The van der Waals surface area contributed by atoms with E-state index in [0.29, 0.717) is 13.0 Å². The van der Waals surface area contributed by atoms with Crippen LogP contribution in [0.1, 0.15) is 13.3 Å². The average molecular weight is 180 g/mol. The van der Waals surface area contributed by atoms with E-state index in [1.54, 1.807) is 6.92 Å². The lowest BCUT2D eigenvalue weighted by Crippen LogP contribution is -2.33. The maximum Gasteiger partial charge on any atom is 0.240 e. The summed E-state index contributed by atoms with van der Waals surface area (Å²) >= 11 is 5.54. The number of halogens is 2. The molecule has 0 aliphatic carbocycles. The molecule has 1 heterocycles. The van der Waals surface area contributed by atoms with Crippen LogP contribution in [0.25, 0.3) is 0 Å². The van der Waals surface area contributed by atoms with E-state index in [4.69, 9.17) is 11.6 Å². The number of rotatable bonds is 1. The largest absolute Gasteiger partial charge is 0.338 e. The van der Waals surface area contributed by atoms with Gasteiger partial charge in [0.05, 0.1) is 6.54 Å². The second-order valence-electron chi connectivity index (χ2n) is 2.79. The highest BCUT2D eigenvalue weighted by atomic mass is 35.5. The molecule has 1 aliphatic rings. The zero-order chi connectivity index (χ0) is 8.43. The molecule has 11 heavy (non-hydrogen) atoms. The van der Waals surface area contributed by atoms with Crippen LogP contribution in [0.5, 0.6) is 0 Å². The second-order valence-corrected chi connectivity index (χ2v) is 3.44. The molecule has 1 saturated heterocycles. The van der Waals surface area contributed by atoms with E-state index in [1.807, 2.05) is 0 Å². The summed E-state index contributed by atoms with van der Waals surface area (Å²) in [7, 11) is 0. The molecule has 1 rings (SSSR count). The molecule has 0 aromatic carbocycles. The molecule has 4 heteroatoms. The highest BCUT2D eigenvalue weighted by Gasteiger charge is 2.27. The second kappa shape index (κ2) is 3.39. The fraction of sp³-hybridized carbons (Fsp3) is 0.857. The van der Waals surface area contributed by atoms with E-state index in [9.17, 15) is 9.18 Å². The standard InChI is InChI=1S/C7H11ClFNO/c1-5(8)7(11)10-3-2-6(9)4-10/h5-6H,2-4H2,1H3. The van der Waals surface area contributed by atoms with E-state index in [2.05, 4.69) is 0 Å². The minimum atomic E-state index is -0.852. The van der Waals surface area contributed by atoms with Crippen molar-refractivity contribution in [2.24, 2.45) is 0 Å². The number of likely N-dealkylation sites (tertiary alicyclic amines) is 1. The van der Waals surface area contributed by atoms with Gasteiger partial charge in [0.2, 0.25) is 5.91 Å². The third-order valence-corrected chi connectivity index (χ3v) is 1.97. The van der Waals surface area contributed by atoms with Crippen LogP contribution in [-0.4, -0.2) is 35.4 Å². The first-order valence-electron chi connectivity index (χ1n) is 3.68. The molecular weight excluding hydrogens is 169 g/mol. The number of alkyl halides is 2. The van der Waals surface area contributed by atoms with Crippen molar-refractivity contribution in [1.29, 1.82) is 0 Å². The van der Waals surface area contributed by atoms with Gasteiger partial charge >= 0.3 is 0 Å². The third kappa shape index (κ3) is 2.06. The molecule has 0 spiro atoms. The summed E-state index contributed by atoms with van der Waals surface area (Å²) in [4.78, 5) is 12.6. The molecule has 1 aliphatic heterocycles. The van der Waals surface area contributed by atoms with Crippen molar-refractivity contribution < 1.29 is 9.18 Å². The van der Waals surface area contributed by atoms with Crippen LogP contribution in [-0.2, 0) is 4.79 Å². The number of hydrogen-bond donors (Lipinski definition) is 0. The molecule has 0 N–H and O–H groups in total. The zero-order valence-electron chi connectivity index (χ0n) is 6.39. The molecule has 0 aromatic rings. The Morgan fingerprint density at radius 3 is 2.82 bits per heavy atom. The fourth-order valence-corrected chi connectivity index (χ4v) is 1.31. The van der Waals surface area contributed by atoms with Crippen molar-refractivity contribution in [2.45, 2.75) is 24.9 Å². The average Bonchev–Trinajstić information content (AvgIpc) is 2.34. The fourth-order valence-electron chi connectivity index (χ4n) is 1.17. The molecule has 1 amide bonds. The quantitative estimate of drug-likeness (QED) is 0.554. The van der Waals surface area contributed by atoms with Crippen LogP contribution in [0.15, 0.2) is 0 Å². The molecule has 2 atom stereocenters. The predicted molar refractivity (Wildman–Crippen MR) is 41.4 cm³/mol. The summed E-state index contributed by atoms with van der Waals surface area (Å²) in [6, 6.07) is 0. The molecule has 0 radical (unpaired) electrons. The number of hydrogen-bond acceptors (Lipinski definition) is 1. The lowest BCUT2D eigenvalue weighted by molar-refractivity contribution is -0.129. The van der Waals surface area contributed by atoms with E-state index < -0.39 is 11.5 Å². The van der Waals surface area contributed by atoms with E-state index in [1.165, 1.54) is 4.90 Å². The Morgan fingerprint density at radius 2 is 2.45 bits per heavy atom. The van der Waals surface area contributed by atoms with Crippen LogP contribution in [0.4, 0.5) is 4.39 Å². The summed E-state index contributed by atoms with van der Waals surface area (Å²) < 4.78 is 12.6. The first-order valence-corrected chi connectivity index (χ1v) is 4.12. The zero-order valence-corrected chi connectivity index (χ0v) is 7.14. The number of carbonyl (C=O) groups is 1. The van der Waals surface area contributed by atoms with Crippen LogP contribution in [0.2, 0.25) is 0 Å². The van der Waals surface area contributed by atoms with Gasteiger partial charge in [-0.25, -0.2) is 4.39 Å². The van der Waals surface area contributed by atoms with Gasteiger partial charge in [-0.2, -0.15) is 0 Å². The Balaban J connectivity index is 2.43. The lowest BCUT2D eigenvalue weighted by atomic mass is 10.3. The minimum absolute atomic E-state index is 0.160. The molecule has 0 bridgehead atoms. The van der Waals surface area contributed by atoms with E-state index in [-0.39, 0.29) is 12.5 Å². The lowest BCUT2D eigenvalue weighted by Gasteiger charge is -2.15. The van der Waals surface area contributed by atoms with Crippen molar-refractivity contribution in [1.82, 2.24) is 4.90 Å². The molecule has 1 fully saturated rings. The summed E-state index contributed by atoms with van der Waals surface area (Å²) in [6.45, 7) is 2.34. The number of nitrogens with zero attached hydrogens (tertiary/aromatic N) is 1. The number of carbonyl (C=O) groups excluding carboxylic acids is 1. The molecule has 64 valence electrons.